The number of alkyl halides is 1. The van der Waals surface area contributed by atoms with Crippen LogP contribution in [-0.2, 0) is 6.42 Å². The highest BCUT2D eigenvalue weighted by Crippen LogP contribution is 2.29. The molecule has 0 saturated carbocycles. The Morgan fingerprint density at radius 3 is 2.80 bits per heavy atom. The van der Waals surface area contributed by atoms with Crippen molar-refractivity contribution in [2.45, 2.75) is 11.8 Å². The van der Waals surface area contributed by atoms with Crippen LogP contribution in [0.4, 0.5) is 0 Å². The van der Waals surface area contributed by atoms with Crippen molar-refractivity contribution in [2.75, 3.05) is 0 Å². The molecule has 3 heteroatoms. The molecule has 0 spiro atoms. The van der Waals surface area contributed by atoms with Crippen LogP contribution in [0.25, 0.3) is 0 Å². The Labute approximate surface area is 107 Å². The standard InChI is InChI=1S/C12H10BrClS/c13-10-4-1-3-9(7-10)8-11(14)12-5-2-6-15-12/h1-7,11H,8H2. The van der Waals surface area contributed by atoms with E-state index in [0.717, 1.165) is 10.9 Å². The van der Waals surface area contributed by atoms with Crippen molar-refractivity contribution in [3.8, 4) is 0 Å². The first-order valence-corrected chi connectivity index (χ1v) is 6.78. The summed E-state index contributed by atoms with van der Waals surface area (Å²) in [5, 5.41) is 2.14. The van der Waals surface area contributed by atoms with Gasteiger partial charge in [0.1, 0.15) is 0 Å². The fourth-order valence-corrected chi connectivity index (χ4v) is 3.00. The molecular formula is C12H10BrClS. The molecule has 0 N–H and O–H groups in total. The first-order valence-electron chi connectivity index (χ1n) is 4.67. The lowest BCUT2D eigenvalue weighted by atomic mass is 10.1. The van der Waals surface area contributed by atoms with Crippen molar-refractivity contribution in [1.29, 1.82) is 0 Å². The van der Waals surface area contributed by atoms with E-state index in [1.54, 1.807) is 11.3 Å². The van der Waals surface area contributed by atoms with Crippen LogP contribution in [0.1, 0.15) is 15.8 Å². The zero-order valence-corrected chi connectivity index (χ0v) is 11.1. The number of hydrogen-bond acceptors (Lipinski definition) is 1. The largest absolute Gasteiger partial charge is 0.147 e. The zero-order valence-electron chi connectivity index (χ0n) is 7.99. The third-order valence-corrected chi connectivity index (χ3v) is 4.15. The summed E-state index contributed by atoms with van der Waals surface area (Å²) in [6, 6.07) is 12.4. The number of hydrogen-bond donors (Lipinski definition) is 0. The molecule has 0 aliphatic heterocycles. The summed E-state index contributed by atoms with van der Waals surface area (Å²) < 4.78 is 1.11. The SMILES string of the molecule is ClC(Cc1cccc(Br)c1)c1cccs1. The van der Waals surface area contributed by atoms with Gasteiger partial charge in [0.25, 0.3) is 0 Å². The molecule has 0 bridgehead atoms. The van der Waals surface area contributed by atoms with Crippen LogP contribution in [0.5, 0.6) is 0 Å². The fraction of sp³-hybridized carbons (Fsp3) is 0.167. The van der Waals surface area contributed by atoms with Crippen molar-refractivity contribution in [1.82, 2.24) is 0 Å². The number of rotatable bonds is 3. The zero-order chi connectivity index (χ0) is 10.7. The molecule has 1 aromatic heterocycles. The second kappa shape index (κ2) is 5.15. The number of thiophene rings is 1. The van der Waals surface area contributed by atoms with Crippen molar-refractivity contribution in [3.05, 3.63) is 56.7 Å². The van der Waals surface area contributed by atoms with E-state index in [1.165, 1.54) is 10.4 Å². The molecule has 15 heavy (non-hydrogen) atoms. The van der Waals surface area contributed by atoms with Gasteiger partial charge in [-0.2, -0.15) is 0 Å². The predicted molar refractivity (Wildman–Crippen MR) is 70.8 cm³/mol. The smallest absolute Gasteiger partial charge is 0.0718 e. The van der Waals surface area contributed by atoms with E-state index < -0.39 is 0 Å². The highest BCUT2D eigenvalue weighted by Gasteiger charge is 2.09. The Bertz CT molecular complexity index is 425. The fourth-order valence-electron chi connectivity index (χ4n) is 1.44. The second-order valence-electron chi connectivity index (χ2n) is 3.32. The molecule has 0 amide bonds. The van der Waals surface area contributed by atoms with Crippen LogP contribution in [0.2, 0.25) is 0 Å². The van der Waals surface area contributed by atoms with Gasteiger partial charge in [0.2, 0.25) is 0 Å². The first-order chi connectivity index (χ1) is 7.25. The van der Waals surface area contributed by atoms with E-state index >= 15 is 0 Å². The van der Waals surface area contributed by atoms with Gasteiger partial charge in [-0.1, -0.05) is 34.1 Å². The Morgan fingerprint density at radius 2 is 2.13 bits per heavy atom. The van der Waals surface area contributed by atoms with E-state index in [9.17, 15) is 0 Å². The maximum atomic E-state index is 6.33. The first kappa shape index (κ1) is 11.2. The maximum Gasteiger partial charge on any atom is 0.0718 e. The quantitative estimate of drug-likeness (QED) is 0.697. The average molecular weight is 302 g/mol. The van der Waals surface area contributed by atoms with Gasteiger partial charge in [0.05, 0.1) is 5.38 Å². The Hall–Kier alpha value is -0.310. The Kier molecular flexibility index (Phi) is 3.84. The molecular weight excluding hydrogens is 292 g/mol. The molecule has 1 unspecified atom stereocenters. The maximum absolute atomic E-state index is 6.33. The lowest BCUT2D eigenvalue weighted by Gasteiger charge is -2.07. The van der Waals surface area contributed by atoms with Crippen LogP contribution in [-0.4, -0.2) is 0 Å². The molecule has 0 saturated heterocycles. The van der Waals surface area contributed by atoms with Gasteiger partial charge in [-0.3, -0.25) is 0 Å². The van der Waals surface area contributed by atoms with Gasteiger partial charge in [0, 0.05) is 9.35 Å². The van der Waals surface area contributed by atoms with E-state index in [0.29, 0.717) is 0 Å². The molecule has 2 rings (SSSR count). The minimum Gasteiger partial charge on any atom is -0.147 e. The van der Waals surface area contributed by atoms with Crippen molar-refractivity contribution in [2.24, 2.45) is 0 Å². The lowest BCUT2D eigenvalue weighted by molar-refractivity contribution is 0.939. The molecule has 1 aromatic carbocycles. The molecule has 0 fully saturated rings. The second-order valence-corrected chi connectivity index (χ2v) is 5.74. The van der Waals surface area contributed by atoms with E-state index in [4.69, 9.17) is 11.6 Å². The van der Waals surface area contributed by atoms with Gasteiger partial charge >= 0.3 is 0 Å². The highest BCUT2D eigenvalue weighted by molar-refractivity contribution is 9.10. The van der Waals surface area contributed by atoms with Gasteiger partial charge < -0.3 is 0 Å². The van der Waals surface area contributed by atoms with E-state index in [2.05, 4.69) is 39.5 Å². The van der Waals surface area contributed by atoms with Gasteiger partial charge in [-0.25, -0.2) is 0 Å². The third kappa shape index (κ3) is 3.07. The normalized spacial score (nSPS) is 12.7. The van der Waals surface area contributed by atoms with Crippen LogP contribution in [0, 0.1) is 0 Å². The lowest BCUT2D eigenvalue weighted by Crippen LogP contribution is -1.92. The van der Waals surface area contributed by atoms with Crippen molar-refractivity contribution >= 4 is 38.9 Å². The van der Waals surface area contributed by atoms with E-state index in [-0.39, 0.29) is 5.38 Å². The molecule has 0 aliphatic carbocycles. The minimum atomic E-state index is 0.0827. The van der Waals surface area contributed by atoms with Crippen LogP contribution in [0.15, 0.2) is 46.3 Å². The summed E-state index contributed by atoms with van der Waals surface area (Å²) in [5.41, 5.74) is 1.26. The summed E-state index contributed by atoms with van der Waals surface area (Å²) in [5.74, 6) is 0. The number of halogens is 2. The number of benzene rings is 1. The topological polar surface area (TPSA) is 0 Å². The summed E-state index contributed by atoms with van der Waals surface area (Å²) in [6.45, 7) is 0. The van der Waals surface area contributed by atoms with Crippen LogP contribution in [0.3, 0.4) is 0 Å². The molecule has 78 valence electrons. The van der Waals surface area contributed by atoms with Gasteiger partial charge in [0.15, 0.2) is 0 Å². The molecule has 0 nitrogen and oxygen atoms in total. The van der Waals surface area contributed by atoms with Gasteiger partial charge in [-0.15, -0.1) is 22.9 Å². The summed E-state index contributed by atoms with van der Waals surface area (Å²) in [4.78, 5) is 1.23. The van der Waals surface area contributed by atoms with Gasteiger partial charge in [-0.05, 0) is 35.6 Å². The molecule has 1 heterocycles. The average Bonchev–Trinajstić information content (AvgIpc) is 2.70. The monoisotopic (exact) mass is 300 g/mol. The highest BCUT2D eigenvalue weighted by atomic mass is 79.9. The van der Waals surface area contributed by atoms with Crippen LogP contribution < -0.4 is 0 Å². The minimum absolute atomic E-state index is 0.0827. The Balaban J connectivity index is 2.09. The molecule has 0 radical (unpaired) electrons. The van der Waals surface area contributed by atoms with Crippen molar-refractivity contribution < 1.29 is 0 Å². The third-order valence-electron chi connectivity index (χ3n) is 2.16. The molecule has 2 aromatic rings. The van der Waals surface area contributed by atoms with Crippen LogP contribution >= 0.6 is 38.9 Å². The summed E-state index contributed by atoms with van der Waals surface area (Å²) in [6.07, 6.45) is 0.876. The molecule has 1 atom stereocenters. The van der Waals surface area contributed by atoms with Crippen molar-refractivity contribution in [3.63, 3.8) is 0 Å². The summed E-state index contributed by atoms with van der Waals surface area (Å²) >= 11 is 11.5. The molecule has 0 aliphatic rings. The Morgan fingerprint density at radius 1 is 1.27 bits per heavy atom. The van der Waals surface area contributed by atoms with E-state index in [1.807, 2.05) is 18.2 Å². The summed E-state index contributed by atoms with van der Waals surface area (Å²) in [7, 11) is 0. The predicted octanol–water partition coefficient (Wildman–Crippen LogP) is 5.03.